The van der Waals surface area contributed by atoms with Crippen molar-refractivity contribution in [2.24, 2.45) is 11.8 Å². The number of benzene rings is 1. The summed E-state index contributed by atoms with van der Waals surface area (Å²) in [7, 11) is 1.49. The van der Waals surface area contributed by atoms with Crippen LogP contribution in [-0.2, 0) is 19.1 Å². The Morgan fingerprint density at radius 2 is 1.93 bits per heavy atom. The number of rotatable bonds is 7. The first-order valence-corrected chi connectivity index (χ1v) is 9.50. The zero-order valence-electron chi connectivity index (χ0n) is 15.8. The van der Waals surface area contributed by atoms with Crippen LogP contribution in [0.5, 0.6) is 5.75 Å². The zero-order chi connectivity index (χ0) is 19.1. The fourth-order valence-electron chi connectivity index (χ4n) is 3.84. The fraction of sp³-hybridized carbons (Fsp3) is 0.600. The van der Waals surface area contributed by atoms with Crippen molar-refractivity contribution in [1.82, 2.24) is 10.2 Å². The summed E-state index contributed by atoms with van der Waals surface area (Å²) < 4.78 is 16.1. The van der Waals surface area contributed by atoms with Crippen LogP contribution in [0.3, 0.4) is 0 Å². The van der Waals surface area contributed by atoms with Gasteiger partial charge in [-0.3, -0.25) is 9.59 Å². The molecule has 2 aliphatic rings. The normalized spacial score (nSPS) is 25.2. The number of para-hydroxylation sites is 1. The minimum absolute atomic E-state index is 0.000146. The predicted octanol–water partition coefficient (Wildman–Crippen LogP) is 1.08. The first-order valence-electron chi connectivity index (χ1n) is 9.50. The third kappa shape index (κ3) is 5.43. The molecule has 2 amide bonds. The van der Waals surface area contributed by atoms with Crippen LogP contribution in [0.1, 0.15) is 12.8 Å². The second-order valence-electron chi connectivity index (χ2n) is 7.11. The Morgan fingerprint density at radius 3 is 2.63 bits per heavy atom. The van der Waals surface area contributed by atoms with Crippen molar-refractivity contribution >= 4 is 11.8 Å². The standard InChI is InChI=1S/C20H28N2O5/c1-25-14-19(23)21-18-12-15(13-27-16-5-3-2-4-6-16)11-17(18)20(24)22-7-9-26-10-8-22/h2-6,15,17-18H,7-14H2,1H3,(H,21,23)/t15-,17-,18-/m1/s1. The summed E-state index contributed by atoms with van der Waals surface area (Å²) in [6.45, 7) is 2.89. The first kappa shape index (κ1) is 19.6. The molecule has 1 aliphatic carbocycles. The maximum atomic E-state index is 13.0. The van der Waals surface area contributed by atoms with Crippen LogP contribution in [0.25, 0.3) is 0 Å². The number of nitrogens with one attached hydrogen (secondary N) is 1. The van der Waals surface area contributed by atoms with Gasteiger partial charge >= 0.3 is 0 Å². The third-order valence-electron chi connectivity index (χ3n) is 5.15. The molecule has 1 aromatic rings. The maximum Gasteiger partial charge on any atom is 0.246 e. The molecule has 0 spiro atoms. The van der Waals surface area contributed by atoms with Crippen LogP contribution in [-0.4, -0.2) is 69.4 Å². The van der Waals surface area contributed by atoms with Gasteiger partial charge in [-0.2, -0.15) is 0 Å². The average molecular weight is 376 g/mol. The molecule has 27 heavy (non-hydrogen) atoms. The molecule has 3 atom stereocenters. The zero-order valence-corrected chi connectivity index (χ0v) is 15.8. The summed E-state index contributed by atoms with van der Waals surface area (Å²) in [5, 5.41) is 2.98. The molecule has 1 saturated heterocycles. The van der Waals surface area contributed by atoms with E-state index < -0.39 is 0 Å². The van der Waals surface area contributed by atoms with Gasteiger partial charge in [-0.15, -0.1) is 0 Å². The van der Waals surface area contributed by atoms with Crippen LogP contribution < -0.4 is 10.1 Å². The molecule has 0 aromatic heterocycles. The smallest absolute Gasteiger partial charge is 0.246 e. The van der Waals surface area contributed by atoms with Crippen molar-refractivity contribution in [3.8, 4) is 5.75 Å². The summed E-state index contributed by atoms with van der Waals surface area (Å²) >= 11 is 0. The van der Waals surface area contributed by atoms with Gasteiger partial charge in [-0.05, 0) is 30.9 Å². The number of ether oxygens (including phenoxy) is 3. The summed E-state index contributed by atoms with van der Waals surface area (Å²) in [4.78, 5) is 26.9. The van der Waals surface area contributed by atoms with E-state index >= 15 is 0 Å². The van der Waals surface area contributed by atoms with Gasteiger partial charge in [0, 0.05) is 26.2 Å². The molecule has 148 valence electrons. The van der Waals surface area contributed by atoms with Crippen LogP contribution in [0.4, 0.5) is 0 Å². The van der Waals surface area contributed by atoms with E-state index in [0.717, 1.165) is 12.2 Å². The van der Waals surface area contributed by atoms with Gasteiger partial charge in [-0.25, -0.2) is 0 Å². The number of amides is 2. The van der Waals surface area contributed by atoms with E-state index in [0.29, 0.717) is 39.3 Å². The number of carbonyl (C=O) groups is 2. The summed E-state index contributed by atoms with van der Waals surface area (Å²) in [5.74, 6) is 0.719. The SMILES string of the molecule is COCC(=O)N[C@@H]1C[C@H](COc2ccccc2)C[C@H]1C(=O)N1CCOCC1. The Balaban J connectivity index is 1.62. The summed E-state index contributed by atoms with van der Waals surface area (Å²) in [5.41, 5.74) is 0. The van der Waals surface area contributed by atoms with Crippen molar-refractivity contribution in [3.63, 3.8) is 0 Å². The summed E-state index contributed by atoms with van der Waals surface area (Å²) in [6, 6.07) is 9.46. The summed E-state index contributed by atoms with van der Waals surface area (Å²) in [6.07, 6.45) is 1.43. The Labute approximate surface area is 160 Å². The molecular formula is C20H28N2O5. The van der Waals surface area contributed by atoms with E-state index in [1.807, 2.05) is 35.2 Å². The number of nitrogens with zero attached hydrogens (tertiary/aromatic N) is 1. The highest BCUT2D eigenvalue weighted by atomic mass is 16.5. The molecule has 1 saturated carbocycles. The van der Waals surface area contributed by atoms with Gasteiger partial charge in [0.25, 0.3) is 0 Å². The lowest BCUT2D eigenvalue weighted by molar-refractivity contribution is -0.140. The molecule has 7 nitrogen and oxygen atoms in total. The van der Waals surface area contributed by atoms with Gasteiger partial charge in [0.2, 0.25) is 11.8 Å². The predicted molar refractivity (Wildman–Crippen MR) is 99.4 cm³/mol. The van der Waals surface area contributed by atoms with Crippen molar-refractivity contribution in [1.29, 1.82) is 0 Å². The molecular weight excluding hydrogens is 348 g/mol. The monoisotopic (exact) mass is 376 g/mol. The van der Waals surface area contributed by atoms with Gasteiger partial charge < -0.3 is 24.4 Å². The second kappa shape index (κ2) is 9.71. The van der Waals surface area contributed by atoms with Gasteiger partial charge in [0.15, 0.2) is 0 Å². The molecule has 2 fully saturated rings. The van der Waals surface area contributed by atoms with E-state index in [1.165, 1.54) is 7.11 Å². The maximum absolute atomic E-state index is 13.0. The second-order valence-corrected chi connectivity index (χ2v) is 7.11. The van der Waals surface area contributed by atoms with E-state index in [-0.39, 0.29) is 36.3 Å². The van der Waals surface area contributed by atoms with Gasteiger partial charge in [0.05, 0.1) is 25.7 Å². The molecule has 1 heterocycles. The molecule has 0 bridgehead atoms. The van der Waals surface area contributed by atoms with Crippen LogP contribution in [0.2, 0.25) is 0 Å². The lowest BCUT2D eigenvalue weighted by Gasteiger charge is -2.31. The Kier molecular flexibility index (Phi) is 7.06. The lowest BCUT2D eigenvalue weighted by atomic mass is 10.0. The van der Waals surface area contributed by atoms with Crippen LogP contribution >= 0.6 is 0 Å². The minimum atomic E-state index is -0.228. The van der Waals surface area contributed by atoms with Crippen LogP contribution in [0.15, 0.2) is 30.3 Å². The topological polar surface area (TPSA) is 77.1 Å². The van der Waals surface area contributed by atoms with E-state index in [4.69, 9.17) is 14.2 Å². The number of morpholine rings is 1. The molecule has 3 rings (SSSR count). The lowest BCUT2D eigenvalue weighted by Crippen LogP contribution is -2.49. The van der Waals surface area contributed by atoms with Crippen molar-refractivity contribution in [3.05, 3.63) is 30.3 Å². The van der Waals surface area contributed by atoms with Crippen molar-refractivity contribution < 1.29 is 23.8 Å². The van der Waals surface area contributed by atoms with Gasteiger partial charge in [0.1, 0.15) is 12.4 Å². The number of hydrogen-bond donors (Lipinski definition) is 1. The molecule has 1 N–H and O–H groups in total. The molecule has 0 radical (unpaired) electrons. The largest absolute Gasteiger partial charge is 0.493 e. The Hall–Kier alpha value is -2.12. The Bertz CT molecular complexity index is 618. The number of hydrogen-bond acceptors (Lipinski definition) is 5. The van der Waals surface area contributed by atoms with E-state index in [1.54, 1.807) is 0 Å². The van der Waals surface area contributed by atoms with E-state index in [9.17, 15) is 9.59 Å². The minimum Gasteiger partial charge on any atom is -0.493 e. The van der Waals surface area contributed by atoms with Crippen molar-refractivity contribution in [2.45, 2.75) is 18.9 Å². The number of methoxy groups -OCH3 is 1. The van der Waals surface area contributed by atoms with E-state index in [2.05, 4.69) is 5.32 Å². The molecule has 7 heteroatoms. The number of carbonyl (C=O) groups excluding carboxylic acids is 2. The van der Waals surface area contributed by atoms with Gasteiger partial charge in [-0.1, -0.05) is 18.2 Å². The Morgan fingerprint density at radius 1 is 1.19 bits per heavy atom. The quantitative estimate of drug-likeness (QED) is 0.771. The molecule has 0 unspecified atom stereocenters. The van der Waals surface area contributed by atoms with Crippen molar-refractivity contribution in [2.75, 3.05) is 46.6 Å². The van der Waals surface area contributed by atoms with Crippen LogP contribution in [0, 0.1) is 11.8 Å². The highest BCUT2D eigenvalue weighted by Gasteiger charge is 2.41. The highest BCUT2D eigenvalue weighted by Crippen LogP contribution is 2.33. The first-order chi connectivity index (χ1) is 13.2. The fourth-order valence-corrected chi connectivity index (χ4v) is 3.84. The molecule has 1 aromatic carbocycles. The third-order valence-corrected chi connectivity index (χ3v) is 5.15. The molecule has 1 aliphatic heterocycles. The average Bonchev–Trinajstić information content (AvgIpc) is 3.10. The highest BCUT2D eigenvalue weighted by molar-refractivity contribution is 5.82.